The van der Waals surface area contributed by atoms with Gasteiger partial charge in [-0.3, -0.25) is 0 Å². The molecule has 1 aliphatic rings. The molecule has 1 heteroatoms. The largest absolute Gasteiger partial charge is 0.317 e. The van der Waals surface area contributed by atoms with Crippen molar-refractivity contribution in [1.29, 1.82) is 0 Å². The Bertz CT molecular complexity index is 492. The van der Waals surface area contributed by atoms with Gasteiger partial charge in [-0.1, -0.05) is 42.5 Å². The molecule has 0 unspecified atom stereocenters. The van der Waals surface area contributed by atoms with Crippen LogP contribution in [0.25, 0.3) is 10.8 Å². The van der Waals surface area contributed by atoms with Crippen LogP contribution in [0.4, 0.5) is 0 Å². The second-order valence-corrected chi connectivity index (χ2v) is 5.04. The Labute approximate surface area is 103 Å². The Balaban J connectivity index is 1.89. The first-order valence-electron chi connectivity index (χ1n) is 6.61. The van der Waals surface area contributed by atoms with Gasteiger partial charge in [0.2, 0.25) is 0 Å². The third-order valence-electron chi connectivity index (χ3n) is 3.85. The number of hydrogen-bond donors (Lipinski definition) is 1. The summed E-state index contributed by atoms with van der Waals surface area (Å²) in [6, 6.07) is 15.4. The van der Waals surface area contributed by atoms with E-state index in [1.807, 2.05) is 0 Å². The predicted octanol–water partition coefficient (Wildman–Crippen LogP) is 3.38. The molecule has 0 aromatic heterocycles. The fraction of sp³-hybridized carbons (Fsp3) is 0.375. The van der Waals surface area contributed by atoms with Crippen LogP contribution in [0.1, 0.15) is 18.4 Å². The highest BCUT2D eigenvalue weighted by Crippen LogP contribution is 2.24. The fourth-order valence-electron chi connectivity index (χ4n) is 2.87. The Morgan fingerprint density at radius 3 is 2.59 bits per heavy atom. The van der Waals surface area contributed by atoms with E-state index in [1.165, 1.54) is 48.7 Å². The smallest absolute Gasteiger partial charge is 0.00462 e. The first kappa shape index (κ1) is 10.8. The van der Waals surface area contributed by atoms with Crippen molar-refractivity contribution in [1.82, 2.24) is 5.32 Å². The molecule has 88 valence electrons. The minimum Gasteiger partial charge on any atom is -0.317 e. The van der Waals surface area contributed by atoms with E-state index in [9.17, 15) is 0 Å². The summed E-state index contributed by atoms with van der Waals surface area (Å²) in [6.45, 7) is 2.38. The van der Waals surface area contributed by atoms with Crippen LogP contribution in [0, 0.1) is 5.92 Å². The standard InChI is InChI=1S/C16H19N/c1-2-7-16-14(4-1)5-3-6-15(16)12-13-8-10-17-11-9-13/h1-7,13,17H,8-12H2. The number of hydrogen-bond acceptors (Lipinski definition) is 1. The van der Waals surface area contributed by atoms with Crippen molar-refractivity contribution in [2.45, 2.75) is 19.3 Å². The fourth-order valence-corrected chi connectivity index (χ4v) is 2.87. The van der Waals surface area contributed by atoms with Crippen molar-refractivity contribution in [2.24, 2.45) is 5.92 Å². The summed E-state index contributed by atoms with van der Waals surface area (Å²) in [5, 5.41) is 6.25. The molecule has 0 saturated carbocycles. The molecule has 0 radical (unpaired) electrons. The lowest BCUT2D eigenvalue weighted by Crippen LogP contribution is -2.28. The quantitative estimate of drug-likeness (QED) is 0.826. The molecule has 0 atom stereocenters. The van der Waals surface area contributed by atoms with Gasteiger partial charge >= 0.3 is 0 Å². The van der Waals surface area contributed by atoms with Crippen LogP contribution >= 0.6 is 0 Å². The van der Waals surface area contributed by atoms with Gasteiger partial charge in [-0.15, -0.1) is 0 Å². The molecule has 2 aromatic rings. The highest BCUT2D eigenvalue weighted by Gasteiger charge is 2.14. The maximum atomic E-state index is 3.44. The van der Waals surface area contributed by atoms with Gasteiger partial charge in [0.05, 0.1) is 0 Å². The number of rotatable bonds is 2. The van der Waals surface area contributed by atoms with Crippen LogP contribution in [0.5, 0.6) is 0 Å². The van der Waals surface area contributed by atoms with Gasteiger partial charge < -0.3 is 5.32 Å². The van der Waals surface area contributed by atoms with E-state index in [2.05, 4.69) is 47.8 Å². The summed E-state index contributed by atoms with van der Waals surface area (Å²) >= 11 is 0. The van der Waals surface area contributed by atoms with E-state index in [4.69, 9.17) is 0 Å². The van der Waals surface area contributed by atoms with E-state index in [0.29, 0.717) is 0 Å². The molecule has 1 aliphatic heterocycles. The average Bonchev–Trinajstić information content (AvgIpc) is 2.40. The lowest BCUT2D eigenvalue weighted by Gasteiger charge is -2.23. The molecule has 1 N–H and O–H groups in total. The zero-order chi connectivity index (χ0) is 11.5. The molecule has 0 aliphatic carbocycles. The second kappa shape index (κ2) is 4.89. The van der Waals surface area contributed by atoms with Crippen molar-refractivity contribution in [3.63, 3.8) is 0 Å². The summed E-state index contributed by atoms with van der Waals surface area (Å²) < 4.78 is 0. The molecule has 0 bridgehead atoms. The molecule has 1 heterocycles. The number of nitrogens with one attached hydrogen (secondary N) is 1. The van der Waals surface area contributed by atoms with E-state index in [0.717, 1.165) is 5.92 Å². The molecule has 0 spiro atoms. The average molecular weight is 225 g/mol. The van der Waals surface area contributed by atoms with Crippen LogP contribution in [0.2, 0.25) is 0 Å². The molecule has 2 aromatic carbocycles. The summed E-state index contributed by atoms with van der Waals surface area (Å²) in [5.74, 6) is 0.863. The van der Waals surface area contributed by atoms with Gasteiger partial charge in [-0.2, -0.15) is 0 Å². The summed E-state index contributed by atoms with van der Waals surface area (Å²) in [4.78, 5) is 0. The van der Waals surface area contributed by atoms with E-state index >= 15 is 0 Å². The van der Waals surface area contributed by atoms with Crippen molar-refractivity contribution in [3.8, 4) is 0 Å². The number of benzene rings is 2. The molecular weight excluding hydrogens is 206 g/mol. The van der Waals surface area contributed by atoms with Gasteiger partial charge in [-0.25, -0.2) is 0 Å². The molecule has 1 fully saturated rings. The summed E-state index contributed by atoms with van der Waals surface area (Å²) in [6.07, 6.45) is 3.88. The zero-order valence-corrected chi connectivity index (χ0v) is 10.2. The van der Waals surface area contributed by atoms with Gasteiger partial charge in [0.15, 0.2) is 0 Å². The third-order valence-corrected chi connectivity index (χ3v) is 3.85. The normalized spacial score (nSPS) is 17.4. The van der Waals surface area contributed by atoms with Crippen molar-refractivity contribution >= 4 is 10.8 Å². The van der Waals surface area contributed by atoms with Crippen LogP contribution in [0.15, 0.2) is 42.5 Å². The maximum Gasteiger partial charge on any atom is -0.00462 e. The van der Waals surface area contributed by atoms with Crippen molar-refractivity contribution in [2.75, 3.05) is 13.1 Å². The van der Waals surface area contributed by atoms with E-state index < -0.39 is 0 Å². The van der Waals surface area contributed by atoms with E-state index in [1.54, 1.807) is 0 Å². The van der Waals surface area contributed by atoms with Gasteiger partial charge in [-0.05, 0) is 54.6 Å². The first-order valence-corrected chi connectivity index (χ1v) is 6.61. The van der Waals surface area contributed by atoms with Crippen LogP contribution in [-0.4, -0.2) is 13.1 Å². The molecule has 1 saturated heterocycles. The number of fused-ring (bicyclic) bond motifs is 1. The maximum absolute atomic E-state index is 3.44. The van der Waals surface area contributed by atoms with Crippen molar-refractivity contribution in [3.05, 3.63) is 48.0 Å². The SMILES string of the molecule is c1ccc2c(CC3CCNCC3)cccc2c1. The van der Waals surface area contributed by atoms with Crippen LogP contribution in [0.3, 0.4) is 0 Å². The lowest BCUT2D eigenvalue weighted by atomic mass is 9.89. The third kappa shape index (κ3) is 2.34. The second-order valence-electron chi connectivity index (χ2n) is 5.04. The summed E-state index contributed by atoms with van der Waals surface area (Å²) in [5.41, 5.74) is 1.52. The summed E-state index contributed by atoms with van der Waals surface area (Å²) in [7, 11) is 0. The number of piperidine rings is 1. The Kier molecular flexibility index (Phi) is 3.10. The lowest BCUT2D eigenvalue weighted by molar-refractivity contribution is 0.373. The highest BCUT2D eigenvalue weighted by atomic mass is 14.9. The van der Waals surface area contributed by atoms with Gasteiger partial charge in [0.1, 0.15) is 0 Å². The van der Waals surface area contributed by atoms with Gasteiger partial charge in [0, 0.05) is 0 Å². The molecule has 3 rings (SSSR count). The van der Waals surface area contributed by atoms with Crippen molar-refractivity contribution < 1.29 is 0 Å². The molecular formula is C16H19N. The zero-order valence-electron chi connectivity index (χ0n) is 10.2. The first-order chi connectivity index (χ1) is 8.43. The minimum absolute atomic E-state index is 0.863. The highest BCUT2D eigenvalue weighted by molar-refractivity contribution is 5.85. The Morgan fingerprint density at radius 1 is 0.941 bits per heavy atom. The van der Waals surface area contributed by atoms with Crippen LogP contribution in [-0.2, 0) is 6.42 Å². The Morgan fingerprint density at radius 2 is 1.71 bits per heavy atom. The minimum atomic E-state index is 0.863. The predicted molar refractivity (Wildman–Crippen MR) is 73.2 cm³/mol. The van der Waals surface area contributed by atoms with Gasteiger partial charge in [0.25, 0.3) is 0 Å². The Hall–Kier alpha value is -1.34. The monoisotopic (exact) mass is 225 g/mol. The molecule has 0 amide bonds. The molecule has 1 nitrogen and oxygen atoms in total. The van der Waals surface area contributed by atoms with E-state index in [-0.39, 0.29) is 0 Å². The van der Waals surface area contributed by atoms with Crippen LogP contribution < -0.4 is 5.32 Å². The molecule has 17 heavy (non-hydrogen) atoms. The topological polar surface area (TPSA) is 12.0 Å².